The molecular weight excluding hydrogens is 532 g/mol. The van der Waals surface area contributed by atoms with E-state index in [-0.39, 0.29) is 17.1 Å². The van der Waals surface area contributed by atoms with Gasteiger partial charge in [-0.2, -0.15) is 0 Å². The molecule has 9 nitrogen and oxygen atoms in total. The molecule has 40 heavy (non-hydrogen) atoms. The van der Waals surface area contributed by atoms with Gasteiger partial charge in [-0.15, -0.1) is 0 Å². The van der Waals surface area contributed by atoms with Crippen molar-refractivity contribution >= 4 is 15.7 Å². The van der Waals surface area contributed by atoms with E-state index < -0.39 is 10.0 Å². The van der Waals surface area contributed by atoms with Crippen LogP contribution in [0.3, 0.4) is 0 Å². The van der Waals surface area contributed by atoms with Crippen LogP contribution >= 0.6 is 0 Å². The number of benzene rings is 2. The van der Waals surface area contributed by atoms with E-state index in [1.165, 1.54) is 4.31 Å². The molecule has 3 aromatic rings. The Labute approximate surface area is 237 Å². The molecule has 1 fully saturated rings. The molecule has 2 aromatic carbocycles. The lowest BCUT2D eigenvalue weighted by molar-refractivity contribution is -0.165. The van der Waals surface area contributed by atoms with Crippen molar-refractivity contribution in [2.24, 2.45) is 5.92 Å². The van der Waals surface area contributed by atoms with E-state index in [0.717, 1.165) is 42.7 Å². The van der Waals surface area contributed by atoms with Gasteiger partial charge in [-0.3, -0.25) is 4.31 Å². The quantitative estimate of drug-likeness (QED) is 0.232. The van der Waals surface area contributed by atoms with Gasteiger partial charge >= 0.3 is 0 Å². The van der Waals surface area contributed by atoms with Crippen molar-refractivity contribution in [3.8, 4) is 11.5 Å². The number of hydrogen-bond donors (Lipinski definition) is 0. The SMILES string of the molecule is Cc1cc(OCCOC2CCCCO2)ccc1N(CC(C)C)S(=O)(=O)c1ccc(OCc2c(C)noc2C)cc1. The number of nitrogens with zero attached hydrogens (tertiary/aromatic N) is 2. The van der Waals surface area contributed by atoms with Crippen LogP contribution in [0.1, 0.15) is 55.7 Å². The summed E-state index contributed by atoms with van der Waals surface area (Å²) >= 11 is 0. The minimum Gasteiger partial charge on any atom is -0.491 e. The Balaban J connectivity index is 1.43. The predicted octanol–water partition coefficient (Wildman–Crippen LogP) is 5.95. The largest absolute Gasteiger partial charge is 0.491 e. The topological polar surface area (TPSA) is 100 Å². The molecule has 1 aromatic heterocycles. The summed E-state index contributed by atoms with van der Waals surface area (Å²) < 4.78 is 57.3. The molecule has 0 spiro atoms. The Morgan fingerprint density at radius 3 is 2.38 bits per heavy atom. The van der Waals surface area contributed by atoms with Gasteiger partial charge in [0.05, 0.1) is 28.4 Å². The third-order valence-electron chi connectivity index (χ3n) is 6.74. The molecule has 2 heterocycles. The summed E-state index contributed by atoms with van der Waals surface area (Å²) in [5, 5.41) is 3.94. The van der Waals surface area contributed by atoms with Crippen molar-refractivity contribution in [3.05, 3.63) is 65.0 Å². The predicted molar refractivity (Wildman–Crippen MR) is 152 cm³/mol. The molecule has 0 amide bonds. The van der Waals surface area contributed by atoms with Crippen LogP contribution in [0.4, 0.5) is 5.69 Å². The highest BCUT2D eigenvalue weighted by molar-refractivity contribution is 7.92. The first-order valence-corrected chi connectivity index (χ1v) is 15.2. The monoisotopic (exact) mass is 572 g/mol. The minimum atomic E-state index is -3.83. The van der Waals surface area contributed by atoms with Crippen LogP contribution in [0.2, 0.25) is 0 Å². The van der Waals surface area contributed by atoms with Crippen LogP contribution in [0.5, 0.6) is 11.5 Å². The van der Waals surface area contributed by atoms with Gasteiger partial charge in [-0.1, -0.05) is 19.0 Å². The van der Waals surface area contributed by atoms with Gasteiger partial charge < -0.3 is 23.5 Å². The molecule has 1 aliphatic rings. The summed E-state index contributed by atoms with van der Waals surface area (Å²) in [5.41, 5.74) is 3.08. The molecule has 10 heteroatoms. The maximum absolute atomic E-state index is 13.8. The van der Waals surface area contributed by atoms with Gasteiger partial charge in [-0.05, 0) is 94.0 Å². The van der Waals surface area contributed by atoms with E-state index in [2.05, 4.69) is 5.16 Å². The molecule has 0 aliphatic carbocycles. The zero-order chi connectivity index (χ0) is 28.7. The fraction of sp³-hybridized carbons (Fsp3) is 0.500. The lowest BCUT2D eigenvalue weighted by Crippen LogP contribution is -2.34. The van der Waals surface area contributed by atoms with E-state index in [0.29, 0.717) is 49.3 Å². The Kier molecular flexibility index (Phi) is 10.1. The van der Waals surface area contributed by atoms with E-state index >= 15 is 0 Å². The molecule has 218 valence electrons. The third-order valence-corrected chi connectivity index (χ3v) is 8.53. The van der Waals surface area contributed by atoms with Crippen molar-refractivity contribution in [2.75, 3.05) is 30.7 Å². The van der Waals surface area contributed by atoms with Crippen LogP contribution in [0, 0.1) is 26.7 Å². The molecule has 1 aliphatic heterocycles. The Hall–Kier alpha value is -3.08. The van der Waals surface area contributed by atoms with E-state index in [9.17, 15) is 8.42 Å². The van der Waals surface area contributed by atoms with Crippen LogP contribution in [0.15, 0.2) is 51.9 Å². The van der Waals surface area contributed by atoms with Crippen LogP contribution in [0.25, 0.3) is 0 Å². The summed E-state index contributed by atoms with van der Waals surface area (Å²) in [4.78, 5) is 0.194. The van der Waals surface area contributed by atoms with Gasteiger partial charge in [0.15, 0.2) is 6.29 Å². The molecule has 1 saturated heterocycles. The fourth-order valence-electron chi connectivity index (χ4n) is 4.54. The van der Waals surface area contributed by atoms with Gasteiger partial charge in [0.25, 0.3) is 10.0 Å². The van der Waals surface area contributed by atoms with E-state index in [1.54, 1.807) is 36.4 Å². The lowest BCUT2D eigenvalue weighted by atomic mass is 10.1. The number of aromatic nitrogens is 1. The smallest absolute Gasteiger partial charge is 0.264 e. The second kappa shape index (κ2) is 13.5. The zero-order valence-corrected chi connectivity index (χ0v) is 24.8. The third kappa shape index (κ3) is 7.56. The second-order valence-electron chi connectivity index (χ2n) is 10.5. The lowest BCUT2D eigenvalue weighted by Gasteiger charge is -2.28. The number of aryl methyl sites for hydroxylation is 3. The second-order valence-corrected chi connectivity index (χ2v) is 12.3. The van der Waals surface area contributed by atoms with Gasteiger partial charge in [-0.25, -0.2) is 8.42 Å². The summed E-state index contributed by atoms with van der Waals surface area (Å²) in [5.74, 6) is 2.04. The van der Waals surface area contributed by atoms with Crippen molar-refractivity contribution in [1.29, 1.82) is 0 Å². The maximum atomic E-state index is 13.8. The van der Waals surface area contributed by atoms with E-state index in [4.69, 9.17) is 23.5 Å². The minimum absolute atomic E-state index is 0.113. The Bertz CT molecular complexity index is 1330. The molecule has 1 unspecified atom stereocenters. The standard InChI is InChI=1S/C30H40N2O7S/c1-21(2)19-32(29-14-11-26(18-22(29)3)35-16-17-37-30-8-6-7-15-36-30)40(33,34)27-12-9-25(10-13-27)38-20-28-23(4)31-39-24(28)5/h9-14,18,21,30H,6-8,15-17,19-20H2,1-5H3. The summed E-state index contributed by atoms with van der Waals surface area (Å²) in [6, 6.07) is 12.0. The van der Waals surface area contributed by atoms with E-state index in [1.807, 2.05) is 40.7 Å². The first-order chi connectivity index (χ1) is 19.1. The van der Waals surface area contributed by atoms with Crippen LogP contribution in [-0.2, 0) is 26.1 Å². The summed E-state index contributed by atoms with van der Waals surface area (Å²) in [7, 11) is -3.83. The average Bonchev–Trinajstić information content (AvgIpc) is 3.26. The highest BCUT2D eigenvalue weighted by Gasteiger charge is 2.27. The fourth-order valence-corrected chi connectivity index (χ4v) is 6.23. The number of sulfonamides is 1. The Morgan fingerprint density at radius 1 is 1.00 bits per heavy atom. The Morgan fingerprint density at radius 2 is 1.75 bits per heavy atom. The summed E-state index contributed by atoms with van der Waals surface area (Å²) in [6.45, 7) is 11.8. The number of hydrogen-bond acceptors (Lipinski definition) is 8. The van der Waals surface area contributed by atoms with Crippen LogP contribution < -0.4 is 13.8 Å². The molecule has 1 atom stereocenters. The first-order valence-electron chi connectivity index (χ1n) is 13.8. The maximum Gasteiger partial charge on any atom is 0.264 e. The van der Waals surface area contributed by atoms with Gasteiger partial charge in [0.2, 0.25) is 0 Å². The van der Waals surface area contributed by atoms with Crippen molar-refractivity contribution in [2.45, 2.75) is 71.7 Å². The van der Waals surface area contributed by atoms with Gasteiger partial charge in [0, 0.05) is 13.2 Å². The normalized spacial score (nSPS) is 15.8. The highest BCUT2D eigenvalue weighted by atomic mass is 32.2. The van der Waals surface area contributed by atoms with Crippen molar-refractivity contribution in [1.82, 2.24) is 5.16 Å². The number of ether oxygens (including phenoxy) is 4. The molecule has 0 radical (unpaired) electrons. The first kappa shape index (κ1) is 29.9. The molecule has 0 bridgehead atoms. The summed E-state index contributed by atoms with van der Waals surface area (Å²) in [6.07, 6.45) is 2.95. The van der Waals surface area contributed by atoms with Gasteiger partial charge in [0.1, 0.15) is 30.5 Å². The number of rotatable bonds is 13. The molecule has 0 N–H and O–H groups in total. The number of anilines is 1. The molecule has 0 saturated carbocycles. The zero-order valence-electron chi connectivity index (χ0n) is 24.0. The van der Waals surface area contributed by atoms with Crippen molar-refractivity contribution < 1.29 is 31.9 Å². The average molecular weight is 573 g/mol. The molecule has 4 rings (SSSR count). The molecular formula is C30H40N2O7S. The highest BCUT2D eigenvalue weighted by Crippen LogP contribution is 2.31. The van der Waals surface area contributed by atoms with Crippen molar-refractivity contribution in [3.63, 3.8) is 0 Å². The van der Waals surface area contributed by atoms with Crippen LogP contribution in [-0.4, -0.2) is 46.2 Å².